The van der Waals surface area contributed by atoms with Crippen LogP contribution in [0.1, 0.15) is 11.6 Å². The Morgan fingerprint density at radius 1 is 1.54 bits per heavy atom. The van der Waals surface area contributed by atoms with Crippen LogP contribution >= 0.6 is 11.6 Å². The second-order valence-electron chi connectivity index (χ2n) is 4.29. The number of aromatic nitrogens is 4. The molecule has 12 heteroatoms. The second kappa shape index (κ2) is 7.25. The number of hydrogen-bond acceptors (Lipinski definition) is 7. The molecule has 2 rings (SSSR count). The molecule has 1 N–H and O–H groups in total. The number of pyridine rings is 1. The molecule has 0 radical (unpaired) electrons. The Morgan fingerprint density at radius 3 is 2.83 bits per heavy atom. The van der Waals surface area contributed by atoms with Crippen LogP contribution < -0.4 is 5.43 Å². The summed E-state index contributed by atoms with van der Waals surface area (Å²) in [5.74, 6) is -0.777. The highest BCUT2D eigenvalue weighted by molar-refractivity contribution is 6.32. The standard InChI is InChI=1S/C12H10ClF3N6O2/c1-24-11(23)9(22-6-17-5-20-22)4-19-21-10-8(13)2-7(3-18-10)12(14,15)16/h2-6,9H,1H3,(H,18,21). The van der Waals surface area contributed by atoms with Gasteiger partial charge in [0.2, 0.25) is 0 Å². The number of nitrogens with zero attached hydrogens (tertiary/aromatic N) is 5. The molecule has 8 nitrogen and oxygen atoms in total. The molecule has 128 valence electrons. The van der Waals surface area contributed by atoms with Gasteiger partial charge in [-0.2, -0.15) is 23.4 Å². The summed E-state index contributed by atoms with van der Waals surface area (Å²) in [7, 11) is 1.18. The van der Waals surface area contributed by atoms with Crippen molar-refractivity contribution in [2.24, 2.45) is 5.10 Å². The summed E-state index contributed by atoms with van der Waals surface area (Å²) in [4.78, 5) is 18.9. The van der Waals surface area contributed by atoms with Gasteiger partial charge < -0.3 is 4.74 Å². The fourth-order valence-corrected chi connectivity index (χ4v) is 1.77. The minimum atomic E-state index is -4.55. The van der Waals surface area contributed by atoms with Crippen LogP contribution in [0.15, 0.2) is 30.0 Å². The van der Waals surface area contributed by atoms with Crippen LogP contribution in [0.3, 0.4) is 0 Å². The lowest BCUT2D eigenvalue weighted by molar-refractivity contribution is -0.142. The normalized spacial score (nSPS) is 13.0. The average molecular weight is 363 g/mol. The average Bonchev–Trinajstić information content (AvgIpc) is 3.05. The van der Waals surface area contributed by atoms with Gasteiger partial charge in [0.05, 0.1) is 23.9 Å². The number of nitrogens with one attached hydrogen (secondary N) is 1. The van der Waals surface area contributed by atoms with Crippen molar-refractivity contribution in [1.29, 1.82) is 0 Å². The number of hydrogen-bond donors (Lipinski definition) is 1. The molecule has 24 heavy (non-hydrogen) atoms. The first-order chi connectivity index (χ1) is 11.3. The second-order valence-corrected chi connectivity index (χ2v) is 4.69. The molecule has 0 spiro atoms. The number of methoxy groups -OCH3 is 1. The number of anilines is 1. The van der Waals surface area contributed by atoms with Crippen molar-refractivity contribution in [2.45, 2.75) is 12.2 Å². The first-order valence-electron chi connectivity index (χ1n) is 6.27. The van der Waals surface area contributed by atoms with Crippen molar-refractivity contribution in [1.82, 2.24) is 19.7 Å². The molecule has 0 saturated carbocycles. The van der Waals surface area contributed by atoms with Crippen molar-refractivity contribution in [3.63, 3.8) is 0 Å². The van der Waals surface area contributed by atoms with E-state index in [4.69, 9.17) is 11.6 Å². The Balaban J connectivity index is 2.14. The molecule has 1 atom stereocenters. The van der Waals surface area contributed by atoms with Crippen molar-refractivity contribution in [2.75, 3.05) is 12.5 Å². The monoisotopic (exact) mass is 362 g/mol. The van der Waals surface area contributed by atoms with E-state index in [1.54, 1.807) is 0 Å². The van der Waals surface area contributed by atoms with Gasteiger partial charge >= 0.3 is 12.1 Å². The molecular formula is C12H10ClF3N6O2. The third-order valence-corrected chi connectivity index (χ3v) is 3.01. The van der Waals surface area contributed by atoms with Crippen molar-refractivity contribution in [3.8, 4) is 0 Å². The van der Waals surface area contributed by atoms with Crippen LogP contribution in [0.5, 0.6) is 0 Å². The van der Waals surface area contributed by atoms with Crippen molar-refractivity contribution >= 4 is 29.6 Å². The lowest BCUT2D eigenvalue weighted by Crippen LogP contribution is -2.23. The largest absolute Gasteiger partial charge is 0.467 e. The summed E-state index contributed by atoms with van der Waals surface area (Å²) in [6.07, 6.45) is -0.334. The van der Waals surface area contributed by atoms with Gasteiger partial charge in [0.15, 0.2) is 11.9 Å². The molecule has 0 aliphatic heterocycles. The van der Waals surface area contributed by atoms with Crippen LogP contribution in [0.2, 0.25) is 5.02 Å². The lowest BCUT2D eigenvalue weighted by atomic mass is 10.3. The van der Waals surface area contributed by atoms with Gasteiger partial charge in [-0.15, -0.1) is 0 Å². The molecule has 0 aliphatic carbocycles. The van der Waals surface area contributed by atoms with Crippen molar-refractivity contribution in [3.05, 3.63) is 35.5 Å². The fourth-order valence-electron chi connectivity index (χ4n) is 1.56. The highest BCUT2D eigenvalue weighted by Crippen LogP contribution is 2.32. The maximum absolute atomic E-state index is 12.5. The van der Waals surface area contributed by atoms with E-state index >= 15 is 0 Å². The molecule has 0 bridgehead atoms. The number of carbonyl (C=O) groups is 1. The summed E-state index contributed by atoms with van der Waals surface area (Å²) in [6.45, 7) is 0. The predicted molar refractivity (Wildman–Crippen MR) is 77.4 cm³/mol. The summed E-state index contributed by atoms with van der Waals surface area (Å²) >= 11 is 5.72. The fraction of sp³-hybridized carbons (Fsp3) is 0.250. The Labute approximate surface area is 138 Å². The zero-order valence-electron chi connectivity index (χ0n) is 12.0. The van der Waals surface area contributed by atoms with Crippen LogP contribution in [0.4, 0.5) is 19.0 Å². The predicted octanol–water partition coefficient (Wildman–Crippen LogP) is 2.16. The Kier molecular flexibility index (Phi) is 5.34. The summed E-state index contributed by atoms with van der Waals surface area (Å²) in [5.41, 5.74) is 1.36. The maximum atomic E-state index is 12.5. The summed E-state index contributed by atoms with van der Waals surface area (Å²) < 4.78 is 43.4. The molecular weight excluding hydrogens is 353 g/mol. The third-order valence-electron chi connectivity index (χ3n) is 2.72. The quantitative estimate of drug-likeness (QED) is 0.497. The van der Waals surface area contributed by atoms with Gasteiger partial charge in [-0.3, -0.25) is 5.43 Å². The number of halogens is 4. The van der Waals surface area contributed by atoms with Gasteiger partial charge in [-0.05, 0) is 6.07 Å². The number of carbonyl (C=O) groups excluding carboxylic acids is 1. The number of rotatable bonds is 5. The van der Waals surface area contributed by atoms with E-state index < -0.39 is 23.8 Å². The number of esters is 1. The highest BCUT2D eigenvalue weighted by atomic mass is 35.5. The number of alkyl halides is 3. The van der Waals surface area contributed by atoms with E-state index in [2.05, 4.69) is 30.3 Å². The molecule has 0 aliphatic rings. The van der Waals surface area contributed by atoms with E-state index in [0.29, 0.717) is 12.3 Å². The molecule has 1 unspecified atom stereocenters. The Bertz CT molecular complexity index is 735. The maximum Gasteiger partial charge on any atom is 0.417 e. The first kappa shape index (κ1) is 17.7. The molecule has 0 aromatic carbocycles. The Morgan fingerprint density at radius 2 is 2.29 bits per heavy atom. The van der Waals surface area contributed by atoms with E-state index in [1.807, 2.05) is 0 Å². The smallest absolute Gasteiger partial charge is 0.417 e. The first-order valence-corrected chi connectivity index (χ1v) is 6.64. The molecule has 0 amide bonds. The van der Waals surface area contributed by atoms with Gasteiger partial charge in [0.25, 0.3) is 0 Å². The minimum Gasteiger partial charge on any atom is -0.467 e. The van der Waals surface area contributed by atoms with Gasteiger partial charge in [-0.25, -0.2) is 19.4 Å². The van der Waals surface area contributed by atoms with E-state index in [1.165, 1.54) is 24.4 Å². The molecule has 0 saturated heterocycles. The van der Waals surface area contributed by atoms with Crippen LogP contribution in [-0.4, -0.2) is 39.0 Å². The molecule has 2 aromatic rings. The topological polar surface area (TPSA) is 94.3 Å². The summed E-state index contributed by atoms with van der Waals surface area (Å²) in [6, 6.07) is -0.306. The van der Waals surface area contributed by atoms with E-state index in [9.17, 15) is 18.0 Å². The Hall–Kier alpha value is -2.69. The zero-order valence-corrected chi connectivity index (χ0v) is 12.8. The van der Waals surface area contributed by atoms with Crippen molar-refractivity contribution < 1.29 is 22.7 Å². The number of ether oxygens (including phenoxy) is 1. The van der Waals surface area contributed by atoms with Crippen LogP contribution in [0, 0.1) is 0 Å². The van der Waals surface area contributed by atoms with E-state index in [0.717, 1.165) is 6.21 Å². The SMILES string of the molecule is COC(=O)C(C=NNc1ncc(C(F)(F)F)cc1Cl)n1cncn1. The highest BCUT2D eigenvalue weighted by Gasteiger charge is 2.31. The van der Waals surface area contributed by atoms with Crippen LogP contribution in [-0.2, 0) is 15.7 Å². The third kappa shape index (κ3) is 4.19. The van der Waals surface area contributed by atoms with Gasteiger partial charge in [0, 0.05) is 6.20 Å². The van der Waals surface area contributed by atoms with Crippen LogP contribution in [0.25, 0.3) is 0 Å². The van der Waals surface area contributed by atoms with Gasteiger partial charge in [-0.1, -0.05) is 11.6 Å². The van der Waals surface area contributed by atoms with Gasteiger partial charge in [0.1, 0.15) is 12.7 Å². The lowest BCUT2D eigenvalue weighted by Gasteiger charge is -2.10. The zero-order chi connectivity index (χ0) is 17.7. The minimum absolute atomic E-state index is 0.108. The molecule has 2 heterocycles. The van der Waals surface area contributed by atoms with E-state index in [-0.39, 0.29) is 10.8 Å². The number of hydrazone groups is 1. The summed E-state index contributed by atoms with van der Waals surface area (Å²) in [5, 5.41) is 7.23. The molecule has 0 fully saturated rings. The molecule has 2 aromatic heterocycles.